The SMILES string of the molecule is CCC1=Nc2cc(C(=O)N3CCN(c4ccc(OC)cc4)CC3)ccc2Sc2ccc(C)cc21. The Kier molecular flexibility index (Phi) is 6.33. The molecule has 3 aromatic rings. The zero-order valence-electron chi connectivity index (χ0n) is 19.9. The van der Waals surface area contributed by atoms with E-state index in [1.165, 1.54) is 16.0 Å². The number of piperazine rings is 1. The molecule has 6 heteroatoms. The van der Waals surface area contributed by atoms with Crippen molar-refractivity contribution in [3.8, 4) is 5.75 Å². The number of benzene rings is 3. The average Bonchev–Trinajstić information content (AvgIpc) is 3.04. The highest BCUT2D eigenvalue weighted by atomic mass is 32.2. The van der Waals surface area contributed by atoms with Gasteiger partial charge in [0.2, 0.25) is 0 Å². The van der Waals surface area contributed by atoms with E-state index in [0.29, 0.717) is 18.7 Å². The predicted molar refractivity (Wildman–Crippen MR) is 139 cm³/mol. The summed E-state index contributed by atoms with van der Waals surface area (Å²) in [4.78, 5) is 24.9. The molecule has 5 rings (SSSR count). The molecule has 1 amide bonds. The van der Waals surface area contributed by atoms with Crippen LogP contribution < -0.4 is 9.64 Å². The van der Waals surface area contributed by atoms with Crippen LogP contribution in [0.25, 0.3) is 0 Å². The van der Waals surface area contributed by atoms with Gasteiger partial charge in [-0.05, 0) is 67.9 Å². The number of amides is 1. The number of hydrogen-bond acceptors (Lipinski definition) is 5. The Labute approximate surface area is 205 Å². The van der Waals surface area contributed by atoms with Crippen molar-refractivity contribution in [1.82, 2.24) is 4.90 Å². The maximum absolute atomic E-state index is 13.3. The number of hydrogen-bond donors (Lipinski definition) is 0. The number of methoxy groups -OCH3 is 1. The highest BCUT2D eigenvalue weighted by Crippen LogP contribution is 2.41. The van der Waals surface area contributed by atoms with E-state index in [2.05, 4.69) is 49.1 Å². The molecule has 0 N–H and O–H groups in total. The fourth-order valence-electron chi connectivity index (χ4n) is 4.52. The van der Waals surface area contributed by atoms with Gasteiger partial charge >= 0.3 is 0 Å². The van der Waals surface area contributed by atoms with Gasteiger partial charge < -0.3 is 14.5 Å². The third-order valence-corrected chi connectivity index (χ3v) is 7.61. The lowest BCUT2D eigenvalue weighted by atomic mass is 10.0. The normalized spacial score (nSPS) is 15.2. The lowest BCUT2D eigenvalue weighted by Gasteiger charge is -2.36. The molecule has 5 nitrogen and oxygen atoms in total. The van der Waals surface area contributed by atoms with Gasteiger partial charge in [-0.1, -0.05) is 30.3 Å². The Morgan fingerprint density at radius 1 is 0.971 bits per heavy atom. The molecular formula is C28H29N3O2S. The molecule has 2 aliphatic heterocycles. The van der Waals surface area contributed by atoms with E-state index >= 15 is 0 Å². The van der Waals surface area contributed by atoms with Gasteiger partial charge in [0.15, 0.2) is 0 Å². The molecule has 1 fully saturated rings. The van der Waals surface area contributed by atoms with E-state index in [-0.39, 0.29) is 5.91 Å². The molecule has 0 unspecified atom stereocenters. The van der Waals surface area contributed by atoms with E-state index in [1.807, 2.05) is 35.2 Å². The van der Waals surface area contributed by atoms with Gasteiger partial charge in [-0.2, -0.15) is 0 Å². The topological polar surface area (TPSA) is 45.1 Å². The summed E-state index contributed by atoms with van der Waals surface area (Å²) in [6.07, 6.45) is 0.849. The molecule has 0 radical (unpaired) electrons. The van der Waals surface area contributed by atoms with Crippen molar-refractivity contribution < 1.29 is 9.53 Å². The van der Waals surface area contributed by atoms with Crippen LogP contribution >= 0.6 is 11.8 Å². The van der Waals surface area contributed by atoms with Crippen molar-refractivity contribution in [2.24, 2.45) is 4.99 Å². The number of ether oxygens (including phenoxy) is 1. The van der Waals surface area contributed by atoms with Gasteiger partial charge in [-0.25, -0.2) is 0 Å². The minimum atomic E-state index is 0.0769. The fraction of sp³-hybridized carbons (Fsp3) is 0.286. The third-order valence-electron chi connectivity index (χ3n) is 6.47. The van der Waals surface area contributed by atoms with Crippen LogP contribution in [0.3, 0.4) is 0 Å². The number of anilines is 1. The molecule has 3 aromatic carbocycles. The lowest BCUT2D eigenvalue weighted by Crippen LogP contribution is -2.48. The smallest absolute Gasteiger partial charge is 0.254 e. The molecule has 2 heterocycles. The number of aryl methyl sites for hydroxylation is 1. The highest BCUT2D eigenvalue weighted by molar-refractivity contribution is 7.99. The Balaban J connectivity index is 1.33. The largest absolute Gasteiger partial charge is 0.497 e. The van der Waals surface area contributed by atoms with Crippen LogP contribution in [0.15, 0.2) is 75.4 Å². The van der Waals surface area contributed by atoms with Crippen LogP contribution in [0.5, 0.6) is 5.75 Å². The summed E-state index contributed by atoms with van der Waals surface area (Å²) in [6, 6.07) is 20.6. The molecule has 174 valence electrons. The number of carbonyl (C=O) groups is 1. The van der Waals surface area contributed by atoms with Crippen molar-refractivity contribution in [2.45, 2.75) is 30.1 Å². The van der Waals surface area contributed by atoms with E-state index < -0.39 is 0 Å². The van der Waals surface area contributed by atoms with Crippen LogP contribution in [0.4, 0.5) is 11.4 Å². The quantitative estimate of drug-likeness (QED) is 0.471. The number of aliphatic imine (C=N–C) groups is 1. The third kappa shape index (κ3) is 4.42. The first-order valence-corrected chi connectivity index (χ1v) is 12.6. The summed E-state index contributed by atoms with van der Waals surface area (Å²) in [6.45, 7) is 7.27. The monoisotopic (exact) mass is 471 g/mol. The number of fused-ring (bicyclic) bond motifs is 2. The molecular weight excluding hydrogens is 442 g/mol. The number of nitrogens with zero attached hydrogens (tertiary/aromatic N) is 3. The Bertz CT molecular complexity index is 1250. The zero-order valence-corrected chi connectivity index (χ0v) is 20.7. The Morgan fingerprint density at radius 3 is 2.41 bits per heavy atom. The van der Waals surface area contributed by atoms with E-state index in [9.17, 15) is 4.79 Å². The van der Waals surface area contributed by atoms with E-state index in [4.69, 9.17) is 9.73 Å². The van der Waals surface area contributed by atoms with Gasteiger partial charge in [-0.3, -0.25) is 9.79 Å². The van der Waals surface area contributed by atoms with Gasteiger partial charge in [0, 0.05) is 58.5 Å². The minimum absolute atomic E-state index is 0.0769. The number of rotatable bonds is 4. The first-order valence-electron chi connectivity index (χ1n) is 11.7. The second-order valence-electron chi connectivity index (χ2n) is 8.67. The fourth-order valence-corrected chi connectivity index (χ4v) is 5.52. The minimum Gasteiger partial charge on any atom is -0.497 e. The maximum Gasteiger partial charge on any atom is 0.254 e. The van der Waals surface area contributed by atoms with Crippen LogP contribution in [0.1, 0.15) is 34.8 Å². The molecule has 1 saturated heterocycles. The molecule has 2 aliphatic rings. The second kappa shape index (κ2) is 9.55. The molecule has 0 atom stereocenters. The van der Waals surface area contributed by atoms with Crippen LogP contribution in [0.2, 0.25) is 0 Å². The van der Waals surface area contributed by atoms with Crippen LogP contribution in [0, 0.1) is 6.92 Å². The van der Waals surface area contributed by atoms with Gasteiger partial charge in [0.05, 0.1) is 12.8 Å². The van der Waals surface area contributed by atoms with E-state index in [0.717, 1.165) is 47.2 Å². The van der Waals surface area contributed by atoms with Crippen LogP contribution in [-0.2, 0) is 0 Å². The summed E-state index contributed by atoms with van der Waals surface area (Å²) in [7, 11) is 1.68. The summed E-state index contributed by atoms with van der Waals surface area (Å²) in [5.41, 5.74) is 6.26. The average molecular weight is 472 g/mol. The molecule has 34 heavy (non-hydrogen) atoms. The standard InChI is InChI=1S/C28H29N3O2S/c1-4-24-23-17-19(2)5-11-26(23)34-27-12-6-20(18-25(27)29-24)28(32)31-15-13-30(14-16-31)21-7-9-22(33-3)10-8-21/h5-12,17-18H,4,13-16H2,1-3H3. The highest BCUT2D eigenvalue weighted by Gasteiger charge is 2.24. The number of carbonyl (C=O) groups excluding carboxylic acids is 1. The first-order chi connectivity index (χ1) is 16.6. The van der Waals surface area contributed by atoms with Gasteiger partial charge in [0.25, 0.3) is 5.91 Å². The van der Waals surface area contributed by atoms with Crippen molar-refractivity contribution in [2.75, 3.05) is 38.2 Å². The summed E-state index contributed by atoms with van der Waals surface area (Å²) >= 11 is 1.73. The van der Waals surface area contributed by atoms with E-state index in [1.54, 1.807) is 18.9 Å². The molecule has 0 aromatic heterocycles. The molecule has 0 spiro atoms. The summed E-state index contributed by atoms with van der Waals surface area (Å²) < 4.78 is 5.26. The lowest BCUT2D eigenvalue weighted by molar-refractivity contribution is 0.0746. The van der Waals surface area contributed by atoms with Crippen molar-refractivity contribution in [1.29, 1.82) is 0 Å². The predicted octanol–water partition coefficient (Wildman–Crippen LogP) is 5.96. The Morgan fingerprint density at radius 2 is 1.71 bits per heavy atom. The second-order valence-corrected chi connectivity index (χ2v) is 9.76. The van der Waals surface area contributed by atoms with Gasteiger partial charge in [-0.15, -0.1) is 0 Å². The first kappa shape index (κ1) is 22.5. The van der Waals surface area contributed by atoms with Crippen molar-refractivity contribution in [3.05, 3.63) is 77.4 Å². The maximum atomic E-state index is 13.3. The molecule has 0 bridgehead atoms. The zero-order chi connectivity index (χ0) is 23.7. The molecule has 0 aliphatic carbocycles. The van der Waals surface area contributed by atoms with Gasteiger partial charge in [0.1, 0.15) is 5.75 Å². The summed E-state index contributed by atoms with van der Waals surface area (Å²) in [5.74, 6) is 0.930. The Hall–Kier alpha value is -3.25. The van der Waals surface area contributed by atoms with Crippen molar-refractivity contribution in [3.63, 3.8) is 0 Å². The summed E-state index contributed by atoms with van der Waals surface area (Å²) in [5, 5.41) is 0. The van der Waals surface area contributed by atoms with Crippen molar-refractivity contribution >= 4 is 34.8 Å². The molecule has 0 saturated carbocycles. The van der Waals surface area contributed by atoms with Crippen LogP contribution in [-0.4, -0.2) is 49.8 Å².